The first-order valence-corrected chi connectivity index (χ1v) is 9.24. The van der Waals surface area contributed by atoms with Gasteiger partial charge in [-0.2, -0.15) is 10.1 Å². The van der Waals surface area contributed by atoms with Crippen molar-refractivity contribution in [2.45, 2.75) is 31.6 Å². The third-order valence-electron chi connectivity index (χ3n) is 4.71. The molecule has 9 nitrogen and oxygen atoms in total. The van der Waals surface area contributed by atoms with Gasteiger partial charge in [-0.15, -0.1) is 0 Å². The lowest BCUT2D eigenvalue weighted by Gasteiger charge is -2.08. The number of nitrogens with one attached hydrogen (secondary N) is 4. The molecule has 28 heavy (non-hydrogen) atoms. The molecule has 0 spiro atoms. The maximum absolute atomic E-state index is 10.9. The molecule has 4 rings (SSSR count). The Hall–Kier alpha value is -3.62. The molecule has 2 heterocycles. The number of carbonyl (C=O) groups excluding carboxylic acids is 1. The van der Waals surface area contributed by atoms with E-state index in [2.05, 4.69) is 42.2 Å². The number of rotatable bonds is 6. The van der Waals surface area contributed by atoms with E-state index in [0.29, 0.717) is 23.4 Å². The highest BCUT2D eigenvalue weighted by atomic mass is 16.2. The van der Waals surface area contributed by atoms with E-state index in [4.69, 9.17) is 5.73 Å². The minimum atomic E-state index is -0.600. The molecule has 2 aromatic heterocycles. The second-order valence-corrected chi connectivity index (χ2v) is 6.77. The molecular weight excluding hydrogens is 356 g/mol. The highest BCUT2D eigenvalue weighted by molar-refractivity contribution is 5.88. The van der Waals surface area contributed by atoms with Crippen molar-refractivity contribution in [1.82, 2.24) is 20.2 Å². The van der Waals surface area contributed by atoms with Crippen molar-refractivity contribution in [1.29, 1.82) is 0 Å². The van der Waals surface area contributed by atoms with E-state index < -0.39 is 6.03 Å². The van der Waals surface area contributed by atoms with Crippen molar-refractivity contribution < 1.29 is 4.79 Å². The Bertz CT molecular complexity index is 947. The van der Waals surface area contributed by atoms with Gasteiger partial charge in [0.2, 0.25) is 5.95 Å². The Labute approximate surface area is 162 Å². The number of primary amides is 1. The van der Waals surface area contributed by atoms with E-state index >= 15 is 0 Å². The third kappa shape index (κ3) is 4.37. The number of carbonyl (C=O) groups is 1. The van der Waals surface area contributed by atoms with Gasteiger partial charge in [0.25, 0.3) is 0 Å². The molecule has 6 N–H and O–H groups in total. The summed E-state index contributed by atoms with van der Waals surface area (Å²) in [7, 11) is 0. The van der Waals surface area contributed by atoms with Crippen molar-refractivity contribution >= 4 is 35.0 Å². The van der Waals surface area contributed by atoms with Crippen LogP contribution in [0.3, 0.4) is 0 Å². The first-order valence-electron chi connectivity index (χ1n) is 9.24. The van der Waals surface area contributed by atoms with E-state index in [0.717, 1.165) is 11.5 Å². The van der Waals surface area contributed by atoms with Gasteiger partial charge in [0.15, 0.2) is 5.82 Å². The number of aromatic amines is 1. The zero-order valence-corrected chi connectivity index (χ0v) is 15.3. The lowest BCUT2D eigenvalue weighted by atomic mass is 10.0. The zero-order valence-electron chi connectivity index (χ0n) is 15.3. The van der Waals surface area contributed by atoms with Gasteiger partial charge in [-0.05, 0) is 43.2 Å². The summed E-state index contributed by atoms with van der Waals surface area (Å²) < 4.78 is 0. The van der Waals surface area contributed by atoms with Crippen molar-refractivity contribution in [2.75, 3.05) is 16.0 Å². The van der Waals surface area contributed by atoms with Crippen molar-refractivity contribution in [3.8, 4) is 0 Å². The van der Waals surface area contributed by atoms with Crippen LogP contribution in [0.5, 0.6) is 0 Å². The predicted molar refractivity (Wildman–Crippen MR) is 108 cm³/mol. The van der Waals surface area contributed by atoms with Crippen LogP contribution >= 0.6 is 0 Å². The zero-order chi connectivity index (χ0) is 19.3. The van der Waals surface area contributed by atoms with Crippen LogP contribution in [0.15, 0.2) is 42.6 Å². The second kappa shape index (κ2) is 7.95. The van der Waals surface area contributed by atoms with Crippen LogP contribution in [0.1, 0.15) is 37.3 Å². The third-order valence-corrected chi connectivity index (χ3v) is 4.71. The maximum Gasteiger partial charge on any atom is 0.316 e. The van der Waals surface area contributed by atoms with Gasteiger partial charge in [0.1, 0.15) is 5.82 Å². The van der Waals surface area contributed by atoms with Gasteiger partial charge in [-0.3, -0.25) is 5.10 Å². The molecule has 3 aromatic rings. The number of hydrogen-bond acceptors (Lipinski definition) is 6. The quantitative estimate of drug-likeness (QED) is 0.442. The molecule has 1 aliphatic rings. The monoisotopic (exact) mass is 378 g/mol. The number of hydrogen-bond donors (Lipinski definition) is 5. The standard InChI is InChI=1S/C19H22N8O/c20-18(28)22-13-5-7-14(8-6-13)23-19-21-10-9-16(25-19)24-17-11-15(26-27-17)12-3-1-2-4-12/h5-12H,1-4H2,(H3,20,22,28)(H3,21,23,24,25,26,27). The Kier molecular flexibility index (Phi) is 5.05. The van der Waals surface area contributed by atoms with Crippen molar-refractivity contribution in [3.05, 3.63) is 48.3 Å². The van der Waals surface area contributed by atoms with Crippen molar-refractivity contribution in [2.24, 2.45) is 5.73 Å². The van der Waals surface area contributed by atoms with E-state index in [-0.39, 0.29) is 0 Å². The van der Waals surface area contributed by atoms with Crippen LogP contribution in [0.25, 0.3) is 0 Å². The van der Waals surface area contributed by atoms with Gasteiger partial charge in [0.05, 0.1) is 0 Å². The molecule has 0 saturated heterocycles. The SMILES string of the molecule is NC(=O)Nc1ccc(Nc2nccc(Nc3cc(C4CCCC4)[nH]n3)n2)cc1. The first-order chi connectivity index (χ1) is 13.7. The van der Waals surface area contributed by atoms with Crippen LogP contribution in [-0.4, -0.2) is 26.2 Å². The summed E-state index contributed by atoms with van der Waals surface area (Å²) in [5.74, 6) is 2.42. The molecular formula is C19H22N8O. The molecule has 0 atom stereocenters. The van der Waals surface area contributed by atoms with E-state index in [1.807, 2.05) is 0 Å². The van der Waals surface area contributed by atoms with Crippen LogP contribution in [0, 0.1) is 0 Å². The molecule has 1 saturated carbocycles. The summed E-state index contributed by atoms with van der Waals surface area (Å²) in [5.41, 5.74) is 7.68. The van der Waals surface area contributed by atoms with Crippen LogP contribution in [0.2, 0.25) is 0 Å². The summed E-state index contributed by atoms with van der Waals surface area (Å²) in [4.78, 5) is 19.6. The average Bonchev–Trinajstić information content (AvgIpc) is 3.35. The number of urea groups is 1. The molecule has 0 unspecified atom stereocenters. The number of amides is 2. The summed E-state index contributed by atoms with van der Waals surface area (Å²) in [6.45, 7) is 0. The second-order valence-electron chi connectivity index (χ2n) is 6.77. The smallest absolute Gasteiger partial charge is 0.316 e. The maximum atomic E-state index is 10.9. The Balaban J connectivity index is 1.41. The number of nitrogens with zero attached hydrogens (tertiary/aromatic N) is 3. The topological polar surface area (TPSA) is 134 Å². The lowest BCUT2D eigenvalue weighted by Crippen LogP contribution is -2.19. The van der Waals surface area contributed by atoms with E-state index in [1.165, 1.54) is 31.4 Å². The molecule has 0 radical (unpaired) electrons. The van der Waals surface area contributed by atoms with Crippen LogP contribution < -0.4 is 21.7 Å². The predicted octanol–water partition coefficient (Wildman–Crippen LogP) is 3.84. The fourth-order valence-corrected chi connectivity index (χ4v) is 3.37. The molecule has 1 fully saturated rings. The molecule has 144 valence electrons. The summed E-state index contributed by atoms with van der Waals surface area (Å²) in [6.07, 6.45) is 6.68. The number of nitrogens with two attached hydrogens (primary N) is 1. The molecule has 0 bridgehead atoms. The molecule has 1 aromatic carbocycles. The first kappa shape index (κ1) is 17.8. The Morgan fingerprint density at radius 3 is 2.54 bits per heavy atom. The molecule has 0 aliphatic heterocycles. The Morgan fingerprint density at radius 2 is 1.79 bits per heavy atom. The van der Waals surface area contributed by atoms with Gasteiger partial charge in [-0.25, -0.2) is 9.78 Å². The van der Waals surface area contributed by atoms with Gasteiger partial charge in [-0.1, -0.05) is 12.8 Å². The molecule has 9 heteroatoms. The summed E-state index contributed by atoms with van der Waals surface area (Å²) in [6, 6.07) is 10.3. The highest BCUT2D eigenvalue weighted by Crippen LogP contribution is 2.34. The minimum absolute atomic E-state index is 0.451. The number of H-pyrrole nitrogens is 1. The summed E-state index contributed by atoms with van der Waals surface area (Å²) >= 11 is 0. The Morgan fingerprint density at radius 1 is 1.04 bits per heavy atom. The fraction of sp³-hybridized carbons (Fsp3) is 0.263. The van der Waals surface area contributed by atoms with E-state index in [1.54, 1.807) is 36.5 Å². The van der Waals surface area contributed by atoms with E-state index in [9.17, 15) is 4.79 Å². The van der Waals surface area contributed by atoms with Crippen LogP contribution in [0.4, 0.5) is 33.8 Å². The van der Waals surface area contributed by atoms with Crippen molar-refractivity contribution in [3.63, 3.8) is 0 Å². The van der Waals surface area contributed by atoms with Crippen LogP contribution in [-0.2, 0) is 0 Å². The van der Waals surface area contributed by atoms with Gasteiger partial charge < -0.3 is 21.7 Å². The largest absolute Gasteiger partial charge is 0.351 e. The van der Waals surface area contributed by atoms with Gasteiger partial charge >= 0.3 is 6.03 Å². The number of anilines is 5. The van der Waals surface area contributed by atoms with Gasteiger partial charge in [0, 0.05) is 35.2 Å². The summed E-state index contributed by atoms with van der Waals surface area (Å²) in [5, 5.41) is 16.3. The molecule has 2 amide bonds. The number of aromatic nitrogens is 4. The number of benzene rings is 1. The lowest BCUT2D eigenvalue weighted by molar-refractivity contribution is 0.259. The highest BCUT2D eigenvalue weighted by Gasteiger charge is 2.19. The normalized spacial score (nSPS) is 14.0. The average molecular weight is 378 g/mol. The molecule has 1 aliphatic carbocycles. The minimum Gasteiger partial charge on any atom is -0.351 e. The fourth-order valence-electron chi connectivity index (χ4n) is 3.37.